The van der Waals surface area contributed by atoms with Crippen LogP contribution in [-0.4, -0.2) is 17.4 Å². The summed E-state index contributed by atoms with van der Waals surface area (Å²) in [5, 5.41) is 14.0. The van der Waals surface area contributed by atoms with Crippen LogP contribution in [0.4, 0.5) is 11.4 Å². The Morgan fingerprint density at radius 1 is 1.11 bits per heavy atom. The molecule has 0 atom stereocenters. The Kier molecular flexibility index (Phi) is 4.33. The van der Waals surface area contributed by atoms with Gasteiger partial charge in [0.25, 0.3) is 0 Å². The smallest absolute Gasteiger partial charge is 0.202 e. The van der Waals surface area contributed by atoms with Crippen LogP contribution in [0.2, 0.25) is 0 Å². The summed E-state index contributed by atoms with van der Waals surface area (Å²) in [5.74, 6) is 0.764. The van der Waals surface area contributed by atoms with E-state index in [-0.39, 0.29) is 5.11 Å². The molecule has 98 valence electrons. The van der Waals surface area contributed by atoms with Gasteiger partial charge in [0.05, 0.1) is 12.8 Å². The molecule has 4 nitrogen and oxygen atoms in total. The van der Waals surface area contributed by atoms with E-state index in [9.17, 15) is 5.21 Å². The van der Waals surface area contributed by atoms with Gasteiger partial charge in [-0.1, -0.05) is 18.2 Å². The summed E-state index contributed by atoms with van der Waals surface area (Å²) < 4.78 is 5.07. The Balaban J connectivity index is 2.04. The number of thiocarbonyl (C=S) groups is 1. The predicted octanol–water partition coefficient (Wildman–Crippen LogP) is 3.29. The summed E-state index contributed by atoms with van der Waals surface area (Å²) in [4.78, 5) is 0. The third-order valence-electron chi connectivity index (χ3n) is 2.53. The van der Waals surface area contributed by atoms with Crippen LogP contribution in [0.5, 0.6) is 5.75 Å². The standard InChI is InChI=1S/C14H14N2O2S/c1-18-13-9-7-11(8-10-13)15-14(19)16(17)12-5-3-2-4-6-12/h2-10,17H,1H3,(H,15,19). The van der Waals surface area contributed by atoms with Crippen LogP contribution in [0.3, 0.4) is 0 Å². The molecule has 0 heterocycles. The van der Waals surface area contributed by atoms with Gasteiger partial charge in [-0.25, -0.2) is 0 Å². The first kappa shape index (κ1) is 13.3. The Morgan fingerprint density at radius 2 is 1.74 bits per heavy atom. The number of methoxy groups -OCH3 is 1. The average Bonchev–Trinajstić information content (AvgIpc) is 2.48. The maximum atomic E-state index is 9.96. The molecule has 0 unspecified atom stereocenters. The zero-order chi connectivity index (χ0) is 13.7. The van der Waals surface area contributed by atoms with Crippen molar-refractivity contribution in [3.63, 3.8) is 0 Å². The van der Waals surface area contributed by atoms with Crippen molar-refractivity contribution < 1.29 is 9.94 Å². The molecule has 2 rings (SSSR count). The highest BCUT2D eigenvalue weighted by Crippen LogP contribution is 2.17. The van der Waals surface area contributed by atoms with Gasteiger partial charge in [0.1, 0.15) is 5.75 Å². The summed E-state index contributed by atoms with van der Waals surface area (Å²) in [7, 11) is 1.61. The molecule has 0 aliphatic rings. The van der Waals surface area contributed by atoms with E-state index in [2.05, 4.69) is 5.32 Å². The fourth-order valence-corrected chi connectivity index (χ4v) is 1.76. The fourth-order valence-electron chi connectivity index (χ4n) is 1.54. The van der Waals surface area contributed by atoms with E-state index < -0.39 is 0 Å². The lowest BCUT2D eigenvalue weighted by atomic mass is 10.3. The number of hydroxylamine groups is 1. The van der Waals surface area contributed by atoms with Crippen LogP contribution in [-0.2, 0) is 0 Å². The number of rotatable bonds is 3. The van der Waals surface area contributed by atoms with Crippen molar-refractivity contribution >= 4 is 28.7 Å². The first-order chi connectivity index (χ1) is 9.20. The van der Waals surface area contributed by atoms with Gasteiger partial charge in [-0.15, -0.1) is 0 Å². The first-order valence-electron chi connectivity index (χ1n) is 5.70. The number of nitrogens with one attached hydrogen (secondary N) is 1. The van der Waals surface area contributed by atoms with Crippen LogP contribution >= 0.6 is 12.2 Å². The summed E-state index contributed by atoms with van der Waals surface area (Å²) in [6.45, 7) is 0. The molecule has 0 aromatic heterocycles. The van der Waals surface area contributed by atoms with E-state index in [1.807, 2.05) is 42.5 Å². The minimum absolute atomic E-state index is 0.205. The van der Waals surface area contributed by atoms with Crippen LogP contribution in [0.15, 0.2) is 54.6 Å². The molecule has 0 spiro atoms. The predicted molar refractivity (Wildman–Crippen MR) is 79.9 cm³/mol. The lowest BCUT2D eigenvalue weighted by Gasteiger charge is -2.18. The topological polar surface area (TPSA) is 44.7 Å². The van der Waals surface area contributed by atoms with E-state index in [1.165, 1.54) is 0 Å². The lowest BCUT2D eigenvalue weighted by molar-refractivity contribution is 0.314. The monoisotopic (exact) mass is 274 g/mol. The van der Waals surface area contributed by atoms with E-state index in [1.54, 1.807) is 19.2 Å². The Labute approximate surface area is 117 Å². The number of ether oxygens (including phenoxy) is 1. The number of anilines is 2. The number of hydrogen-bond donors (Lipinski definition) is 2. The second-order valence-corrected chi connectivity index (χ2v) is 4.19. The Hall–Kier alpha value is -2.11. The highest BCUT2D eigenvalue weighted by Gasteiger charge is 2.08. The van der Waals surface area contributed by atoms with Crippen molar-refractivity contribution in [2.24, 2.45) is 0 Å². The average molecular weight is 274 g/mol. The molecule has 2 aromatic carbocycles. The van der Waals surface area contributed by atoms with Gasteiger partial charge in [-0.05, 0) is 48.6 Å². The minimum atomic E-state index is 0.205. The van der Waals surface area contributed by atoms with Crippen LogP contribution in [0, 0.1) is 0 Å². The minimum Gasteiger partial charge on any atom is -0.497 e. The molecule has 0 bridgehead atoms. The molecular formula is C14H14N2O2S. The lowest BCUT2D eigenvalue weighted by Crippen LogP contribution is -2.31. The summed E-state index contributed by atoms with van der Waals surface area (Å²) in [6.07, 6.45) is 0. The Morgan fingerprint density at radius 3 is 2.32 bits per heavy atom. The third kappa shape index (κ3) is 3.43. The second kappa shape index (κ2) is 6.17. The largest absolute Gasteiger partial charge is 0.497 e. The second-order valence-electron chi connectivity index (χ2n) is 3.81. The maximum absolute atomic E-state index is 9.96. The highest BCUT2D eigenvalue weighted by atomic mass is 32.1. The van der Waals surface area contributed by atoms with Crippen molar-refractivity contribution in [1.29, 1.82) is 0 Å². The van der Waals surface area contributed by atoms with Crippen LogP contribution in [0.1, 0.15) is 0 Å². The van der Waals surface area contributed by atoms with Crippen molar-refractivity contribution in [3.8, 4) is 5.75 Å². The first-order valence-corrected chi connectivity index (χ1v) is 6.10. The molecule has 0 radical (unpaired) electrons. The van der Waals surface area contributed by atoms with Gasteiger partial charge in [-0.2, -0.15) is 5.06 Å². The third-order valence-corrected chi connectivity index (χ3v) is 2.81. The van der Waals surface area contributed by atoms with Gasteiger partial charge in [0.15, 0.2) is 0 Å². The number of benzene rings is 2. The summed E-state index contributed by atoms with van der Waals surface area (Å²) in [6, 6.07) is 16.3. The molecule has 0 saturated carbocycles. The quantitative estimate of drug-likeness (QED) is 0.664. The molecule has 0 saturated heterocycles. The van der Waals surface area contributed by atoms with Gasteiger partial charge in [0, 0.05) is 5.69 Å². The van der Waals surface area contributed by atoms with Crippen molar-refractivity contribution in [1.82, 2.24) is 0 Å². The normalized spacial score (nSPS) is 9.79. The van der Waals surface area contributed by atoms with Gasteiger partial charge < -0.3 is 10.1 Å². The molecule has 19 heavy (non-hydrogen) atoms. The number of para-hydroxylation sites is 1. The van der Waals surface area contributed by atoms with Gasteiger partial charge in [0.2, 0.25) is 5.11 Å². The molecule has 0 fully saturated rings. The van der Waals surface area contributed by atoms with Gasteiger partial charge >= 0.3 is 0 Å². The molecule has 2 N–H and O–H groups in total. The Bertz CT molecular complexity index is 543. The molecule has 5 heteroatoms. The van der Waals surface area contributed by atoms with Crippen molar-refractivity contribution in [2.45, 2.75) is 0 Å². The highest BCUT2D eigenvalue weighted by molar-refractivity contribution is 7.80. The van der Waals surface area contributed by atoms with Gasteiger partial charge in [-0.3, -0.25) is 5.21 Å². The molecule has 0 amide bonds. The van der Waals surface area contributed by atoms with E-state index in [0.29, 0.717) is 5.69 Å². The zero-order valence-electron chi connectivity index (χ0n) is 10.4. The van der Waals surface area contributed by atoms with Crippen molar-refractivity contribution in [2.75, 3.05) is 17.5 Å². The zero-order valence-corrected chi connectivity index (χ0v) is 11.2. The summed E-state index contributed by atoms with van der Waals surface area (Å²) >= 11 is 5.14. The summed E-state index contributed by atoms with van der Waals surface area (Å²) in [5.41, 5.74) is 1.38. The van der Waals surface area contributed by atoms with E-state index >= 15 is 0 Å². The molecule has 0 aliphatic heterocycles. The fraction of sp³-hybridized carbons (Fsp3) is 0.0714. The van der Waals surface area contributed by atoms with E-state index in [4.69, 9.17) is 17.0 Å². The van der Waals surface area contributed by atoms with E-state index in [0.717, 1.165) is 16.5 Å². The molecule has 2 aromatic rings. The molecule has 0 aliphatic carbocycles. The van der Waals surface area contributed by atoms with Crippen LogP contribution < -0.4 is 15.1 Å². The number of hydrogen-bond acceptors (Lipinski definition) is 3. The van der Waals surface area contributed by atoms with Crippen molar-refractivity contribution in [3.05, 3.63) is 54.6 Å². The maximum Gasteiger partial charge on any atom is 0.202 e. The SMILES string of the molecule is COc1ccc(NC(=S)N(O)c2ccccc2)cc1. The molecular weight excluding hydrogens is 260 g/mol. The number of nitrogens with zero attached hydrogens (tertiary/aromatic N) is 1. The van der Waals surface area contributed by atoms with Crippen LogP contribution in [0.25, 0.3) is 0 Å².